The molecule has 3 aromatic rings. The molecule has 0 aliphatic carbocycles. The Labute approximate surface area is 187 Å². The van der Waals surface area contributed by atoms with Gasteiger partial charge in [-0.25, -0.2) is 9.18 Å². The van der Waals surface area contributed by atoms with E-state index in [-0.39, 0.29) is 23.8 Å². The number of piperidine rings is 1. The van der Waals surface area contributed by atoms with Crippen LogP contribution in [0.25, 0.3) is 11.5 Å². The third-order valence-electron chi connectivity index (χ3n) is 5.59. The lowest BCUT2D eigenvalue weighted by Crippen LogP contribution is -2.45. The van der Waals surface area contributed by atoms with E-state index in [9.17, 15) is 9.18 Å². The average molecular weight is 438 g/mol. The molecule has 1 aliphatic rings. The molecule has 32 heavy (non-hydrogen) atoms. The Morgan fingerprint density at radius 2 is 1.81 bits per heavy atom. The summed E-state index contributed by atoms with van der Waals surface area (Å²) in [5.41, 5.74) is 2.60. The van der Waals surface area contributed by atoms with Gasteiger partial charge in [0.1, 0.15) is 5.82 Å². The van der Waals surface area contributed by atoms with Gasteiger partial charge >= 0.3 is 6.03 Å². The van der Waals surface area contributed by atoms with E-state index >= 15 is 0 Å². The minimum Gasteiger partial charge on any atom is -0.335 e. The van der Waals surface area contributed by atoms with Crippen LogP contribution in [0.3, 0.4) is 0 Å². The van der Waals surface area contributed by atoms with Crippen molar-refractivity contribution in [2.75, 3.05) is 18.4 Å². The molecular formula is C24H28FN5O2. The lowest BCUT2D eigenvalue weighted by atomic mass is 10.0. The third-order valence-corrected chi connectivity index (χ3v) is 5.59. The maximum Gasteiger partial charge on any atom is 0.319 e. The van der Waals surface area contributed by atoms with Crippen molar-refractivity contribution in [1.29, 1.82) is 0 Å². The number of anilines is 1. The quantitative estimate of drug-likeness (QED) is 0.580. The van der Waals surface area contributed by atoms with Crippen LogP contribution in [0.2, 0.25) is 0 Å². The smallest absolute Gasteiger partial charge is 0.319 e. The summed E-state index contributed by atoms with van der Waals surface area (Å²) in [4.78, 5) is 19.1. The molecule has 0 bridgehead atoms. The van der Waals surface area contributed by atoms with Crippen LogP contribution in [0, 0.1) is 5.82 Å². The number of nitrogens with one attached hydrogen (secondary N) is 2. The molecule has 0 spiro atoms. The number of halogens is 1. The van der Waals surface area contributed by atoms with Crippen molar-refractivity contribution in [3.05, 3.63) is 65.7 Å². The van der Waals surface area contributed by atoms with Crippen LogP contribution in [-0.2, 0) is 6.54 Å². The number of carbonyl (C=O) groups is 1. The number of urea groups is 1. The summed E-state index contributed by atoms with van der Waals surface area (Å²) >= 11 is 0. The van der Waals surface area contributed by atoms with Crippen LogP contribution in [0.4, 0.5) is 14.9 Å². The highest BCUT2D eigenvalue weighted by molar-refractivity contribution is 5.89. The molecule has 7 nitrogen and oxygen atoms in total. The summed E-state index contributed by atoms with van der Waals surface area (Å²) < 4.78 is 18.4. The Bertz CT molecular complexity index is 1030. The fourth-order valence-corrected chi connectivity index (χ4v) is 3.72. The normalized spacial score (nSPS) is 15.1. The first-order valence-corrected chi connectivity index (χ1v) is 10.9. The minimum atomic E-state index is -0.216. The SMILES string of the molecule is CC(C)c1noc(-c2ccc(NC(=O)NC3CCN(Cc4ccc(F)cc4)CC3)cc2)n1. The number of hydrogen-bond acceptors (Lipinski definition) is 5. The Morgan fingerprint density at radius 1 is 1.12 bits per heavy atom. The molecule has 2 N–H and O–H groups in total. The predicted molar refractivity (Wildman–Crippen MR) is 121 cm³/mol. The van der Waals surface area contributed by atoms with Crippen LogP contribution in [0.1, 0.15) is 44.0 Å². The van der Waals surface area contributed by atoms with E-state index < -0.39 is 0 Å². The van der Waals surface area contributed by atoms with Crippen LogP contribution >= 0.6 is 0 Å². The Kier molecular flexibility index (Phi) is 6.80. The van der Waals surface area contributed by atoms with Crippen molar-refractivity contribution in [2.45, 2.75) is 45.2 Å². The second-order valence-electron chi connectivity index (χ2n) is 8.47. The second kappa shape index (κ2) is 9.91. The molecule has 4 rings (SSSR count). The van der Waals surface area contributed by atoms with Crippen molar-refractivity contribution in [2.24, 2.45) is 0 Å². The van der Waals surface area contributed by atoms with Crippen molar-refractivity contribution in [3.8, 4) is 11.5 Å². The van der Waals surface area contributed by atoms with E-state index in [1.54, 1.807) is 0 Å². The van der Waals surface area contributed by atoms with Crippen molar-refractivity contribution in [1.82, 2.24) is 20.4 Å². The lowest BCUT2D eigenvalue weighted by Gasteiger charge is -2.32. The number of nitrogens with zero attached hydrogens (tertiary/aromatic N) is 3. The van der Waals surface area contributed by atoms with E-state index in [0.717, 1.165) is 43.6 Å². The van der Waals surface area contributed by atoms with Gasteiger partial charge in [-0.3, -0.25) is 4.90 Å². The highest BCUT2D eigenvalue weighted by Crippen LogP contribution is 2.22. The molecule has 168 valence electrons. The molecule has 1 aliphatic heterocycles. The van der Waals surface area contributed by atoms with Crippen molar-refractivity contribution in [3.63, 3.8) is 0 Å². The van der Waals surface area contributed by atoms with Crippen LogP contribution in [-0.4, -0.2) is 40.2 Å². The fraction of sp³-hybridized carbons (Fsp3) is 0.375. The van der Waals surface area contributed by atoms with Gasteiger partial charge in [-0.1, -0.05) is 31.1 Å². The topological polar surface area (TPSA) is 83.3 Å². The van der Waals surface area contributed by atoms with Crippen molar-refractivity contribution >= 4 is 11.7 Å². The zero-order valence-electron chi connectivity index (χ0n) is 18.3. The zero-order valence-corrected chi connectivity index (χ0v) is 18.3. The number of amides is 2. The van der Waals surface area contributed by atoms with E-state index in [2.05, 4.69) is 25.7 Å². The van der Waals surface area contributed by atoms with Crippen molar-refractivity contribution < 1.29 is 13.7 Å². The summed E-state index contributed by atoms with van der Waals surface area (Å²) in [7, 11) is 0. The average Bonchev–Trinajstić information content (AvgIpc) is 3.28. The molecule has 0 radical (unpaired) electrons. The molecule has 2 heterocycles. The number of rotatable bonds is 6. The zero-order chi connectivity index (χ0) is 22.5. The van der Waals surface area contributed by atoms with E-state index in [4.69, 9.17) is 4.52 Å². The van der Waals surface area contributed by atoms with Gasteiger partial charge in [0.2, 0.25) is 0 Å². The largest absolute Gasteiger partial charge is 0.335 e. The number of carbonyl (C=O) groups excluding carboxylic acids is 1. The third kappa shape index (κ3) is 5.70. The van der Waals surface area contributed by atoms with Gasteiger partial charge in [0.15, 0.2) is 5.82 Å². The van der Waals surface area contributed by atoms with Gasteiger partial charge in [-0.05, 0) is 54.8 Å². The Hall–Kier alpha value is -3.26. The van der Waals surface area contributed by atoms with Gasteiger partial charge in [0.25, 0.3) is 5.89 Å². The summed E-state index contributed by atoms with van der Waals surface area (Å²) in [5.74, 6) is 1.13. The molecule has 2 amide bonds. The van der Waals surface area contributed by atoms with Crippen LogP contribution in [0.5, 0.6) is 0 Å². The second-order valence-corrected chi connectivity index (χ2v) is 8.47. The van der Waals surface area contributed by atoms with Gasteiger partial charge in [-0.2, -0.15) is 4.98 Å². The van der Waals surface area contributed by atoms with Gasteiger partial charge in [0, 0.05) is 42.8 Å². The first-order valence-electron chi connectivity index (χ1n) is 10.9. The highest BCUT2D eigenvalue weighted by atomic mass is 19.1. The molecule has 1 saturated heterocycles. The number of hydrogen-bond donors (Lipinski definition) is 2. The first kappa shape index (κ1) is 22.0. The summed E-state index contributed by atoms with van der Waals surface area (Å²) in [6.45, 7) is 6.59. The molecule has 1 fully saturated rings. The molecule has 0 unspecified atom stereocenters. The van der Waals surface area contributed by atoms with E-state index in [0.29, 0.717) is 17.4 Å². The minimum absolute atomic E-state index is 0.131. The molecule has 0 atom stereocenters. The van der Waals surface area contributed by atoms with Gasteiger partial charge in [-0.15, -0.1) is 0 Å². The summed E-state index contributed by atoms with van der Waals surface area (Å²) in [6.07, 6.45) is 1.76. The number of aromatic nitrogens is 2. The van der Waals surface area contributed by atoms with Gasteiger partial charge in [0.05, 0.1) is 0 Å². The molecule has 1 aromatic heterocycles. The fourth-order valence-electron chi connectivity index (χ4n) is 3.72. The maximum atomic E-state index is 13.0. The number of likely N-dealkylation sites (tertiary alicyclic amines) is 1. The Morgan fingerprint density at radius 3 is 2.44 bits per heavy atom. The van der Waals surface area contributed by atoms with Crippen LogP contribution < -0.4 is 10.6 Å². The summed E-state index contributed by atoms with van der Waals surface area (Å²) in [5, 5.41) is 9.91. The first-order chi connectivity index (χ1) is 15.5. The highest BCUT2D eigenvalue weighted by Gasteiger charge is 2.21. The molecular weight excluding hydrogens is 409 g/mol. The molecule has 8 heteroatoms. The molecule has 2 aromatic carbocycles. The lowest BCUT2D eigenvalue weighted by molar-refractivity contribution is 0.190. The monoisotopic (exact) mass is 437 g/mol. The predicted octanol–water partition coefficient (Wildman–Crippen LogP) is 4.79. The van der Waals surface area contributed by atoms with Gasteiger partial charge < -0.3 is 15.2 Å². The van der Waals surface area contributed by atoms with E-state index in [1.165, 1.54) is 12.1 Å². The van der Waals surface area contributed by atoms with E-state index in [1.807, 2.05) is 50.2 Å². The van der Waals surface area contributed by atoms with Crippen LogP contribution in [0.15, 0.2) is 53.1 Å². The maximum absolute atomic E-state index is 13.0. The Balaban J connectivity index is 1.23. The number of benzene rings is 2. The molecule has 0 saturated carbocycles. The standard InChI is InChI=1S/C24H28FN5O2/c1-16(2)22-28-23(32-29-22)18-5-9-20(10-6-18)26-24(31)27-21-11-13-30(14-12-21)15-17-3-7-19(25)8-4-17/h3-10,16,21H,11-15H2,1-2H3,(H2,26,27,31). The summed E-state index contributed by atoms with van der Waals surface area (Å²) in [6, 6.07) is 13.9.